The number of benzene rings is 2. The fourth-order valence-electron chi connectivity index (χ4n) is 5.38. The van der Waals surface area contributed by atoms with Gasteiger partial charge in [-0.05, 0) is 59.8 Å². The molecule has 0 saturated heterocycles. The summed E-state index contributed by atoms with van der Waals surface area (Å²) < 4.78 is 5.66. The topological polar surface area (TPSA) is 105 Å². The zero-order valence-electron chi connectivity index (χ0n) is 19.0. The number of alkyl carbamates (subject to hydrolysis) is 1. The van der Waals surface area contributed by atoms with E-state index < -0.39 is 12.1 Å². The lowest BCUT2D eigenvalue weighted by Crippen LogP contribution is -2.47. The number of fused-ring (bicyclic) bond motifs is 3. The van der Waals surface area contributed by atoms with Crippen LogP contribution in [0.3, 0.4) is 0 Å². The van der Waals surface area contributed by atoms with Gasteiger partial charge in [-0.2, -0.15) is 0 Å². The molecule has 3 aliphatic rings. The highest BCUT2D eigenvalue weighted by molar-refractivity contribution is 5.80. The van der Waals surface area contributed by atoms with Gasteiger partial charge in [0.25, 0.3) is 0 Å². The molecule has 1 unspecified atom stereocenters. The van der Waals surface area contributed by atoms with Gasteiger partial charge in [-0.1, -0.05) is 48.5 Å². The average molecular weight is 463 g/mol. The first-order valence-corrected chi connectivity index (χ1v) is 12.1. The van der Waals surface area contributed by atoms with Gasteiger partial charge < -0.3 is 20.5 Å². The molecular formula is C27H30N2O5. The average Bonchev–Trinajstić information content (AvgIpc) is 3.59. The van der Waals surface area contributed by atoms with E-state index in [1.54, 1.807) is 0 Å². The molecule has 7 nitrogen and oxygen atoms in total. The molecule has 1 atom stereocenters. The Morgan fingerprint density at radius 2 is 1.59 bits per heavy atom. The molecule has 0 radical (unpaired) electrons. The van der Waals surface area contributed by atoms with Crippen LogP contribution in [-0.4, -0.2) is 41.8 Å². The second kappa shape index (κ2) is 9.49. The van der Waals surface area contributed by atoms with Crippen molar-refractivity contribution in [3.05, 3.63) is 59.7 Å². The van der Waals surface area contributed by atoms with Crippen LogP contribution in [0.2, 0.25) is 0 Å². The number of nitrogens with one attached hydrogen (secondary N) is 2. The first kappa shape index (κ1) is 22.4. The number of amides is 2. The van der Waals surface area contributed by atoms with Crippen molar-refractivity contribution in [1.82, 2.24) is 10.6 Å². The van der Waals surface area contributed by atoms with E-state index in [4.69, 9.17) is 9.84 Å². The van der Waals surface area contributed by atoms with Gasteiger partial charge in [0.1, 0.15) is 6.61 Å². The van der Waals surface area contributed by atoms with Crippen molar-refractivity contribution >= 4 is 18.0 Å². The second-order valence-electron chi connectivity index (χ2n) is 9.82. The van der Waals surface area contributed by atoms with E-state index >= 15 is 0 Å². The number of hydrogen-bond donors (Lipinski definition) is 3. The quantitative estimate of drug-likeness (QED) is 0.521. The minimum atomic E-state index is -0.795. The summed E-state index contributed by atoms with van der Waals surface area (Å²) in [5.74, 6) is -0.461. The molecule has 0 aliphatic heterocycles. The Morgan fingerprint density at radius 3 is 2.18 bits per heavy atom. The molecule has 2 saturated carbocycles. The predicted molar refractivity (Wildman–Crippen MR) is 126 cm³/mol. The molecule has 3 aliphatic carbocycles. The minimum Gasteiger partial charge on any atom is -0.481 e. The third kappa shape index (κ3) is 4.93. The van der Waals surface area contributed by atoms with Gasteiger partial charge in [0, 0.05) is 30.8 Å². The lowest BCUT2D eigenvalue weighted by atomic mass is 9.78. The smallest absolute Gasteiger partial charge is 0.407 e. The van der Waals surface area contributed by atoms with E-state index in [1.807, 2.05) is 24.3 Å². The third-order valence-electron chi connectivity index (χ3n) is 7.31. The Labute approximate surface area is 198 Å². The van der Waals surface area contributed by atoms with Crippen LogP contribution in [-0.2, 0) is 14.3 Å². The largest absolute Gasteiger partial charge is 0.481 e. The first-order valence-electron chi connectivity index (χ1n) is 12.1. The Kier molecular flexibility index (Phi) is 6.26. The summed E-state index contributed by atoms with van der Waals surface area (Å²) in [5.41, 5.74) is 4.69. The van der Waals surface area contributed by atoms with E-state index in [0.29, 0.717) is 18.8 Å². The summed E-state index contributed by atoms with van der Waals surface area (Å²) in [7, 11) is 0. The maximum absolute atomic E-state index is 12.7. The number of carboxylic acid groups (broad SMARTS) is 1. The van der Waals surface area contributed by atoms with Gasteiger partial charge >= 0.3 is 12.1 Å². The minimum absolute atomic E-state index is 0.00168. The lowest BCUT2D eigenvalue weighted by Gasteiger charge is -2.35. The van der Waals surface area contributed by atoms with Gasteiger partial charge in [0.2, 0.25) is 5.91 Å². The molecule has 0 aromatic heterocycles. The van der Waals surface area contributed by atoms with Crippen molar-refractivity contribution in [3.8, 4) is 11.1 Å². The van der Waals surface area contributed by atoms with Gasteiger partial charge in [0.05, 0.1) is 0 Å². The SMILES string of the molecule is O=C(O)CC1CC(NC(=O)CC(NC(=O)OCC2c3ccccc3-c3ccccc32)C2CC2)C1. The van der Waals surface area contributed by atoms with Gasteiger partial charge in [-0.3, -0.25) is 9.59 Å². The van der Waals surface area contributed by atoms with Crippen molar-refractivity contribution < 1.29 is 24.2 Å². The molecule has 178 valence electrons. The standard InChI is InChI=1S/C27H30N2O5/c30-25(28-18-11-16(12-18)13-26(31)32)14-24(17-9-10-17)29-27(33)34-15-23-21-7-3-1-5-19(21)20-6-2-4-8-22(20)23/h1-8,16-18,23-24H,9-15H2,(H,28,30)(H,29,33)(H,31,32). The van der Waals surface area contributed by atoms with E-state index in [0.717, 1.165) is 24.0 Å². The molecule has 2 fully saturated rings. The van der Waals surface area contributed by atoms with Crippen LogP contribution in [0.4, 0.5) is 4.79 Å². The molecule has 34 heavy (non-hydrogen) atoms. The van der Waals surface area contributed by atoms with E-state index in [9.17, 15) is 14.4 Å². The van der Waals surface area contributed by atoms with Gasteiger partial charge in [-0.25, -0.2) is 4.79 Å². The number of carboxylic acids is 1. The maximum Gasteiger partial charge on any atom is 0.407 e. The fourth-order valence-corrected chi connectivity index (χ4v) is 5.38. The van der Waals surface area contributed by atoms with Crippen LogP contribution in [0.15, 0.2) is 48.5 Å². The van der Waals surface area contributed by atoms with E-state index in [2.05, 4.69) is 34.9 Å². The number of carbonyl (C=O) groups excluding carboxylic acids is 2. The maximum atomic E-state index is 12.7. The summed E-state index contributed by atoms with van der Waals surface area (Å²) >= 11 is 0. The van der Waals surface area contributed by atoms with Crippen LogP contribution in [0, 0.1) is 11.8 Å². The van der Waals surface area contributed by atoms with Gasteiger partial charge in [-0.15, -0.1) is 0 Å². The molecule has 0 heterocycles. The van der Waals surface area contributed by atoms with Crippen molar-refractivity contribution in [2.24, 2.45) is 11.8 Å². The molecule has 3 N–H and O–H groups in total. The molecule has 0 spiro atoms. The van der Waals surface area contributed by atoms with E-state index in [-0.39, 0.29) is 49.3 Å². The Bertz CT molecular complexity index is 1040. The highest BCUT2D eigenvalue weighted by Gasteiger charge is 2.37. The van der Waals surface area contributed by atoms with Gasteiger partial charge in [0.15, 0.2) is 0 Å². The highest BCUT2D eigenvalue weighted by Crippen LogP contribution is 2.44. The van der Waals surface area contributed by atoms with Crippen molar-refractivity contribution in [1.29, 1.82) is 0 Å². The molecule has 7 heteroatoms. The summed E-state index contributed by atoms with van der Waals surface area (Å²) in [6.07, 6.45) is 3.27. The molecule has 0 bridgehead atoms. The molecule has 2 aromatic rings. The summed E-state index contributed by atoms with van der Waals surface area (Å²) in [6.45, 7) is 0.247. The van der Waals surface area contributed by atoms with Crippen LogP contribution >= 0.6 is 0 Å². The second-order valence-corrected chi connectivity index (χ2v) is 9.82. The van der Waals surface area contributed by atoms with Crippen molar-refractivity contribution in [2.45, 2.75) is 56.5 Å². The fraction of sp³-hybridized carbons (Fsp3) is 0.444. The monoisotopic (exact) mass is 462 g/mol. The normalized spacial score (nSPS) is 21.5. The Morgan fingerprint density at radius 1 is 0.971 bits per heavy atom. The zero-order valence-corrected chi connectivity index (χ0v) is 19.0. The molecule has 2 amide bonds. The summed E-state index contributed by atoms with van der Waals surface area (Å²) in [5, 5.41) is 14.8. The summed E-state index contributed by atoms with van der Waals surface area (Å²) in [4.78, 5) is 36.0. The number of hydrogen-bond acceptors (Lipinski definition) is 4. The van der Waals surface area contributed by atoms with Crippen molar-refractivity contribution in [3.63, 3.8) is 0 Å². The molecule has 2 aromatic carbocycles. The number of aliphatic carboxylic acids is 1. The number of ether oxygens (including phenoxy) is 1. The lowest BCUT2D eigenvalue weighted by molar-refractivity contribution is -0.139. The molecular weight excluding hydrogens is 432 g/mol. The first-order chi connectivity index (χ1) is 16.5. The Hall–Kier alpha value is -3.35. The third-order valence-corrected chi connectivity index (χ3v) is 7.31. The van der Waals surface area contributed by atoms with Crippen LogP contribution < -0.4 is 10.6 Å². The predicted octanol–water partition coefficient (Wildman–Crippen LogP) is 4.06. The van der Waals surface area contributed by atoms with Crippen LogP contribution in [0.1, 0.15) is 55.6 Å². The highest BCUT2D eigenvalue weighted by atomic mass is 16.5. The zero-order chi connectivity index (χ0) is 23.7. The molecule has 5 rings (SSSR count). The Balaban J connectivity index is 1.13. The number of carbonyl (C=O) groups is 3. The summed E-state index contributed by atoms with van der Waals surface area (Å²) in [6, 6.07) is 16.2. The van der Waals surface area contributed by atoms with E-state index in [1.165, 1.54) is 11.1 Å². The van der Waals surface area contributed by atoms with Crippen LogP contribution in [0.5, 0.6) is 0 Å². The van der Waals surface area contributed by atoms with Crippen LogP contribution in [0.25, 0.3) is 11.1 Å². The number of rotatable bonds is 9. The van der Waals surface area contributed by atoms with Crippen molar-refractivity contribution in [2.75, 3.05) is 6.61 Å².